The quantitative estimate of drug-likeness (QED) is 0.523. The zero-order valence-corrected chi connectivity index (χ0v) is 16.5. The minimum absolute atomic E-state index is 0.274. The first-order chi connectivity index (χ1) is 12.5. The average Bonchev–Trinajstić information content (AvgIpc) is 3.19. The number of hydrogen-bond acceptors (Lipinski definition) is 3. The summed E-state index contributed by atoms with van der Waals surface area (Å²) in [6, 6.07) is 14.3. The highest BCUT2D eigenvalue weighted by Crippen LogP contribution is 2.35. The molecule has 0 saturated carbocycles. The largest absolute Gasteiger partial charge is 0.454 e. The summed E-state index contributed by atoms with van der Waals surface area (Å²) in [5, 5.41) is 0. The van der Waals surface area contributed by atoms with Gasteiger partial charge in [-0.05, 0) is 62.7 Å². The van der Waals surface area contributed by atoms with Crippen LogP contribution in [0.2, 0.25) is 0 Å². The second kappa shape index (κ2) is 6.65. The van der Waals surface area contributed by atoms with E-state index in [1.54, 1.807) is 0 Å². The molecule has 0 unspecified atom stereocenters. The molecule has 1 aromatic heterocycles. The van der Waals surface area contributed by atoms with Gasteiger partial charge in [0.25, 0.3) is 0 Å². The van der Waals surface area contributed by atoms with Gasteiger partial charge in [0.05, 0.1) is 5.69 Å². The molecule has 1 aliphatic rings. The van der Waals surface area contributed by atoms with Gasteiger partial charge < -0.3 is 14.0 Å². The van der Waals surface area contributed by atoms with Crippen molar-refractivity contribution >= 4 is 27.8 Å². The molecule has 0 amide bonds. The number of aromatic nitrogens is 1. The zero-order chi connectivity index (χ0) is 18.3. The van der Waals surface area contributed by atoms with Crippen LogP contribution >= 0.6 is 15.9 Å². The van der Waals surface area contributed by atoms with Gasteiger partial charge in [0, 0.05) is 39.4 Å². The van der Waals surface area contributed by atoms with E-state index in [4.69, 9.17) is 9.47 Å². The summed E-state index contributed by atoms with van der Waals surface area (Å²) >= 11 is 3.57. The molecule has 0 saturated heterocycles. The Hall–Kier alpha value is -2.53. The van der Waals surface area contributed by atoms with E-state index < -0.39 is 0 Å². The maximum absolute atomic E-state index is 5.41. The molecule has 26 heavy (non-hydrogen) atoms. The van der Waals surface area contributed by atoms with Crippen LogP contribution in [0.3, 0.4) is 0 Å². The van der Waals surface area contributed by atoms with Crippen LogP contribution in [0.1, 0.15) is 22.5 Å². The Bertz CT molecular complexity index is 1020. The number of halogens is 1. The van der Waals surface area contributed by atoms with Crippen molar-refractivity contribution < 1.29 is 9.47 Å². The van der Waals surface area contributed by atoms with E-state index in [1.165, 1.54) is 11.3 Å². The van der Waals surface area contributed by atoms with Crippen molar-refractivity contribution in [2.75, 3.05) is 6.79 Å². The predicted molar refractivity (Wildman–Crippen MR) is 107 cm³/mol. The molecule has 1 aliphatic heterocycles. The van der Waals surface area contributed by atoms with Gasteiger partial charge in [-0.15, -0.1) is 0 Å². The molecule has 0 bridgehead atoms. The summed E-state index contributed by atoms with van der Waals surface area (Å²) in [6.07, 6.45) is 1.90. The molecule has 0 spiro atoms. The fourth-order valence-corrected chi connectivity index (χ4v) is 3.44. The Kier molecular flexibility index (Phi) is 4.32. The Morgan fingerprint density at radius 2 is 1.81 bits per heavy atom. The number of aliphatic imine (C=N–C) groups is 1. The Balaban J connectivity index is 1.67. The first-order valence-corrected chi connectivity index (χ1v) is 9.21. The van der Waals surface area contributed by atoms with Crippen molar-refractivity contribution in [2.24, 2.45) is 4.99 Å². The maximum atomic E-state index is 5.41. The zero-order valence-electron chi connectivity index (χ0n) is 14.9. The van der Waals surface area contributed by atoms with E-state index >= 15 is 0 Å². The molecule has 0 fully saturated rings. The summed E-state index contributed by atoms with van der Waals surface area (Å²) in [7, 11) is 0. The summed E-state index contributed by atoms with van der Waals surface area (Å²) in [5.74, 6) is 1.52. The van der Waals surface area contributed by atoms with Gasteiger partial charge in [-0.2, -0.15) is 0 Å². The van der Waals surface area contributed by atoms with E-state index in [9.17, 15) is 0 Å². The highest BCUT2D eigenvalue weighted by molar-refractivity contribution is 9.10. The van der Waals surface area contributed by atoms with Crippen molar-refractivity contribution in [3.05, 3.63) is 69.5 Å². The van der Waals surface area contributed by atoms with Gasteiger partial charge >= 0.3 is 0 Å². The second-order valence-corrected chi connectivity index (χ2v) is 7.25. The Labute approximate surface area is 161 Å². The monoisotopic (exact) mass is 410 g/mol. The van der Waals surface area contributed by atoms with E-state index in [-0.39, 0.29) is 6.79 Å². The van der Waals surface area contributed by atoms with Crippen molar-refractivity contribution in [2.45, 2.75) is 20.8 Å². The molecule has 3 aromatic rings. The van der Waals surface area contributed by atoms with E-state index in [0.717, 1.165) is 38.6 Å². The van der Waals surface area contributed by atoms with Crippen LogP contribution in [0.25, 0.3) is 5.69 Å². The predicted octanol–water partition coefficient (Wildman–Crippen LogP) is 5.64. The summed E-state index contributed by atoms with van der Waals surface area (Å²) in [6.45, 7) is 6.60. The number of hydrogen-bond donors (Lipinski definition) is 0. The summed E-state index contributed by atoms with van der Waals surface area (Å²) in [4.78, 5) is 4.61. The molecule has 0 atom stereocenters. The number of fused-ring (bicyclic) bond motifs is 1. The van der Waals surface area contributed by atoms with Crippen LogP contribution in [0.15, 0.2) is 51.9 Å². The number of benzene rings is 2. The molecule has 4 nitrogen and oxygen atoms in total. The minimum Gasteiger partial charge on any atom is -0.454 e. The molecule has 2 aromatic carbocycles. The molecule has 2 heterocycles. The highest BCUT2D eigenvalue weighted by atomic mass is 79.9. The third-order valence-corrected chi connectivity index (χ3v) is 5.47. The van der Waals surface area contributed by atoms with Crippen molar-refractivity contribution in [3.63, 3.8) is 0 Å². The molecular formula is C21H19BrN2O2. The van der Waals surface area contributed by atoms with E-state index in [2.05, 4.69) is 70.5 Å². The second-order valence-electron chi connectivity index (χ2n) is 6.39. The van der Waals surface area contributed by atoms with Crippen LogP contribution in [-0.2, 0) is 0 Å². The number of rotatable bonds is 3. The number of nitrogens with zero attached hydrogens (tertiary/aromatic N) is 2. The Morgan fingerprint density at radius 1 is 1.00 bits per heavy atom. The number of aryl methyl sites for hydroxylation is 2. The molecule has 0 radical (unpaired) electrons. The molecule has 132 valence electrons. The van der Waals surface area contributed by atoms with Crippen LogP contribution < -0.4 is 9.47 Å². The van der Waals surface area contributed by atoms with Gasteiger partial charge in [0.15, 0.2) is 11.5 Å². The lowest BCUT2D eigenvalue weighted by molar-refractivity contribution is 0.174. The van der Waals surface area contributed by atoms with Gasteiger partial charge in [0.1, 0.15) is 0 Å². The van der Waals surface area contributed by atoms with Gasteiger partial charge in [0.2, 0.25) is 6.79 Å². The topological polar surface area (TPSA) is 35.8 Å². The first kappa shape index (κ1) is 16.9. The van der Waals surface area contributed by atoms with Crippen LogP contribution in [0.4, 0.5) is 5.69 Å². The SMILES string of the molecule is Cc1cc(-n2c(C)cc(C=Nc3ccc4c(c3)OCO4)c2C)ccc1Br. The standard InChI is InChI=1S/C21H19BrN2O2/c1-13-8-18(5-6-19(13)22)24-14(2)9-16(15(24)3)11-23-17-4-7-20-21(10-17)26-12-25-20/h4-11H,12H2,1-3H3. The molecule has 0 aliphatic carbocycles. The fraction of sp³-hybridized carbons (Fsp3) is 0.190. The highest BCUT2D eigenvalue weighted by Gasteiger charge is 2.13. The minimum atomic E-state index is 0.274. The number of ether oxygens (including phenoxy) is 2. The lowest BCUT2D eigenvalue weighted by Gasteiger charge is -2.11. The van der Waals surface area contributed by atoms with Gasteiger partial charge in [-0.1, -0.05) is 15.9 Å². The normalized spacial score (nSPS) is 12.9. The van der Waals surface area contributed by atoms with E-state index in [1.807, 2.05) is 24.4 Å². The fourth-order valence-electron chi connectivity index (χ4n) is 3.19. The third-order valence-electron chi connectivity index (χ3n) is 4.58. The Morgan fingerprint density at radius 3 is 2.62 bits per heavy atom. The lowest BCUT2D eigenvalue weighted by atomic mass is 10.2. The van der Waals surface area contributed by atoms with Crippen LogP contribution in [0, 0.1) is 20.8 Å². The van der Waals surface area contributed by atoms with Crippen molar-refractivity contribution in [1.82, 2.24) is 4.57 Å². The van der Waals surface area contributed by atoms with Crippen LogP contribution in [-0.4, -0.2) is 17.6 Å². The van der Waals surface area contributed by atoms with E-state index in [0.29, 0.717) is 0 Å². The van der Waals surface area contributed by atoms with Crippen molar-refractivity contribution in [3.8, 4) is 17.2 Å². The summed E-state index contributed by atoms with van der Waals surface area (Å²) < 4.78 is 14.1. The van der Waals surface area contributed by atoms with Crippen molar-refractivity contribution in [1.29, 1.82) is 0 Å². The molecule has 0 N–H and O–H groups in total. The van der Waals surface area contributed by atoms with Crippen LogP contribution in [0.5, 0.6) is 11.5 Å². The smallest absolute Gasteiger partial charge is 0.231 e. The molecular weight excluding hydrogens is 392 g/mol. The third kappa shape index (κ3) is 3.03. The molecule has 5 heteroatoms. The molecule has 4 rings (SSSR count). The lowest BCUT2D eigenvalue weighted by Crippen LogP contribution is -2.00. The first-order valence-electron chi connectivity index (χ1n) is 8.42. The summed E-state index contributed by atoms with van der Waals surface area (Å²) in [5.41, 5.74) is 6.65. The average molecular weight is 411 g/mol. The van der Waals surface area contributed by atoms with Gasteiger partial charge in [-0.25, -0.2) is 0 Å². The maximum Gasteiger partial charge on any atom is 0.231 e. The van der Waals surface area contributed by atoms with Gasteiger partial charge in [-0.3, -0.25) is 4.99 Å².